The molecule has 1 fully saturated rings. The van der Waals surface area contributed by atoms with E-state index in [-0.39, 0.29) is 24.1 Å². The van der Waals surface area contributed by atoms with Gasteiger partial charge in [-0.1, -0.05) is 18.2 Å². The summed E-state index contributed by atoms with van der Waals surface area (Å²) >= 11 is 0. The Morgan fingerprint density at radius 2 is 1.90 bits per heavy atom. The van der Waals surface area contributed by atoms with Crippen LogP contribution < -0.4 is 15.0 Å². The van der Waals surface area contributed by atoms with Gasteiger partial charge < -0.3 is 24.3 Å². The van der Waals surface area contributed by atoms with Crippen LogP contribution in [-0.2, 0) is 16.1 Å². The summed E-state index contributed by atoms with van der Waals surface area (Å²) in [6.45, 7) is 3.21. The van der Waals surface area contributed by atoms with Gasteiger partial charge in [-0.15, -0.1) is 0 Å². The Morgan fingerprint density at radius 3 is 2.73 bits per heavy atom. The van der Waals surface area contributed by atoms with Crippen LogP contribution in [0.5, 0.6) is 5.75 Å². The second-order valence-corrected chi connectivity index (χ2v) is 10.4. The van der Waals surface area contributed by atoms with Crippen LogP contribution in [-0.4, -0.2) is 48.9 Å². The van der Waals surface area contributed by atoms with Crippen LogP contribution in [0.25, 0.3) is 21.8 Å². The van der Waals surface area contributed by atoms with Gasteiger partial charge >= 0.3 is 0 Å². The second kappa shape index (κ2) is 9.95. The molecule has 2 aliphatic heterocycles. The molecule has 0 radical (unpaired) electrons. The van der Waals surface area contributed by atoms with Crippen molar-refractivity contribution < 1.29 is 18.7 Å². The summed E-state index contributed by atoms with van der Waals surface area (Å²) in [4.78, 5) is 20.7. The fourth-order valence-corrected chi connectivity index (χ4v) is 6.06. The number of anilines is 2. The highest BCUT2D eigenvalue weighted by atomic mass is 19.1. The van der Waals surface area contributed by atoms with Crippen molar-refractivity contribution in [3.63, 3.8) is 0 Å². The third-order valence-corrected chi connectivity index (χ3v) is 7.94. The zero-order chi connectivity index (χ0) is 27.2. The van der Waals surface area contributed by atoms with Gasteiger partial charge in [-0.25, -0.2) is 9.37 Å². The molecule has 40 heavy (non-hydrogen) atoms. The molecular weight excluding hydrogens is 507 g/mol. The molecule has 3 aromatic carbocycles. The van der Waals surface area contributed by atoms with Crippen molar-refractivity contribution in [3.05, 3.63) is 95.4 Å². The third kappa shape index (κ3) is 4.34. The van der Waals surface area contributed by atoms with Crippen LogP contribution in [0.3, 0.4) is 0 Å². The highest BCUT2D eigenvalue weighted by molar-refractivity contribution is 6.06. The molecule has 202 valence electrons. The van der Waals surface area contributed by atoms with Crippen molar-refractivity contribution in [2.75, 3.05) is 43.6 Å². The van der Waals surface area contributed by atoms with E-state index in [4.69, 9.17) is 14.5 Å². The number of hydrogen-bond acceptors (Lipinski definition) is 5. The van der Waals surface area contributed by atoms with Crippen LogP contribution in [0.4, 0.5) is 15.9 Å². The Kier molecular flexibility index (Phi) is 6.12. The largest absolute Gasteiger partial charge is 0.497 e. The number of rotatable bonds is 5. The number of amides is 1. The van der Waals surface area contributed by atoms with Crippen molar-refractivity contribution >= 4 is 39.2 Å². The van der Waals surface area contributed by atoms with E-state index < -0.39 is 0 Å². The first-order valence-corrected chi connectivity index (χ1v) is 13.5. The Balaban J connectivity index is 1.43. The molecule has 2 aliphatic rings. The number of hydrogen-bond donors (Lipinski definition) is 1. The smallest absolute Gasteiger partial charge is 0.225 e. The number of nitrogens with zero attached hydrogens (tertiary/aromatic N) is 3. The number of morpholine rings is 1. The van der Waals surface area contributed by atoms with E-state index >= 15 is 0 Å². The Morgan fingerprint density at radius 1 is 1.05 bits per heavy atom. The lowest BCUT2D eigenvalue weighted by atomic mass is 9.87. The number of nitrogens with one attached hydrogen (secondary N) is 1. The quantitative estimate of drug-likeness (QED) is 0.312. The second-order valence-electron chi connectivity index (χ2n) is 10.4. The molecule has 8 heteroatoms. The monoisotopic (exact) mass is 536 g/mol. The van der Waals surface area contributed by atoms with Gasteiger partial charge in [-0.2, -0.15) is 0 Å². The lowest BCUT2D eigenvalue weighted by Gasteiger charge is -2.31. The van der Waals surface area contributed by atoms with Gasteiger partial charge in [-0.3, -0.25) is 4.79 Å². The van der Waals surface area contributed by atoms with Gasteiger partial charge in [0.2, 0.25) is 5.91 Å². The number of benzene rings is 3. The first-order valence-electron chi connectivity index (χ1n) is 13.5. The highest BCUT2D eigenvalue weighted by Gasteiger charge is 2.32. The van der Waals surface area contributed by atoms with Crippen LogP contribution in [0, 0.1) is 5.82 Å². The maximum atomic E-state index is 14.0. The summed E-state index contributed by atoms with van der Waals surface area (Å²) in [6, 6.07) is 20.7. The number of halogens is 1. The normalized spacial score (nSPS) is 17.2. The van der Waals surface area contributed by atoms with E-state index in [0.29, 0.717) is 19.8 Å². The molecule has 7 nitrogen and oxygen atoms in total. The molecule has 7 rings (SSSR count). The highest BCUT2D eigenvalue weighted by Crippen LogP contribution is 2.44. The molecule has 0 bridgehead atoms. The van der Waals surface area contributed by atoms with E-state index in [2.05, 4.69) is 33.1 Å². The van der Waals surface area contributed by atoms with E-state index in [1.165, 1.54) is 6.07 Å². The number of pyridine rings is 1. The van der Waals surface area contributed by atoms with Crippen LogP contribution >= 0.6 is 0 Å². The first-order chi connectivity index (χ1) is 19.6. The van der Waals surface area contributed by atoms with Crippen molar-refractivity contribution in [1.82, 2.24) is 9.55 Å². The number of carbonyl (C=O) groups excluding carboxylic acids is 1. The summed E-state index contributed by atoms with van der Waals surface area (Å²) in [5.41, 5.74) is 5.58. The van der Waals surface area contributed by atoms with Crippen molar-refractivity contribution in [2.24, 2.45) is 0 Å². The van der Waals surface area contributed by atoms with E-state index in [0.717, 1.165) is 68.8 Å². The molecule has 0 aliphatic carbocycles. The topological polar surface area (TPSA) is 68.6 Å². The van der Waals surface area contributed by atoms with E-state index in [1.54, 1.807) is 19.2 Å². The van der Waals surface area contributed by atoms with E-state index in [9.17, 15) is 9.18 Å². The van der Waals surface area contributed by atoms with Crippen LogP contribution in [0.1, 0.15) is 29.0 Å². The summed E-state index contributed by atoms with van der Waals surface area (Å²) in [6.07, 6.45) is 2.42. The fourth-order valence-electron chi connectivity index (χ4n) is 6.06. The van der Waals surface area contributed by atoms with E-state index in [1.807, 2.05) is 36.4 Å². The molecule has 1 atom stereocenters. The average molecular weight is 537 g/mol. The predicted octanol–water partition coefficient (Wildman–Crippen LogP) is 5.70. The van der Waals surface area contributed by atoms with Gasteiger partial charge in [0.15, 0.2) is 0 Å². The number of ether oxygens (including phenoxy) is 2. The van der Waals surface area contributed by atoms with Gasteiger partial charge in [0, 0.05) is 60.6 Å². The average Bonchev–Trinajstić information content (AvgIpc) is 3.26. The van der Waals surface area contributed by atoms with Crippen molar-refractivity contribution in [1.29, 1.82) is 0 Å². The number of fused-ring (bicyclic) bond motifs is 1. The molecule has 1 N–H and O–H groups in total. The molecule has 2 aromatic heterocycles. The van der Waals surface area contributed by atoms with Crippen molar-refractivity contribution in [3.8, 4) is 5.75 Å². The van der Waals surface area contributed by atoms with Gasteiger partial charge in [0.25, 0.3) is 0 Å². The molecule has 0 unspecified atom stereocenters. The lowest BCUT2D eigenvalue weighted by molar-refractivity contribution is -0.116. The summed E-state index contributed by atoms with van der Waals surface area (Å²) in [5.74, 6) is 1.10. The fraction of sp³-hybridized carbons (Fsp3) is 0.250. The first kappa shape index (κ1) is 24.6. The Bertz CT molecular complexity index is 1760. The zero-order valence-corrected chi connectivity index (χ0v) is 22.2. The van der Waals surface area contributed by atoms with Gasteiger partial charge in [0.05, 0.1) is 37.0 Å². The lowest BCUT2D eigenvalue weighted by Crippen LogP contribution is -2.37. The summed E-state index contributed by atoms with van der Waals surface area (Å²) < 4.78 is 27.3. The Labute approximate surface area is 231 Å². The molecule has 5 aromatic rings. The summed E-state index contributed by atoms with van der Waals surface area (Å²) in [5, 5.41) is 5.14. The molecule has 0 saturated carbocycles. The Hall–Kier alpha value is -4.43. The maximum absolute atomic E-state index is 14.0. The SMILES string of the molecule is COc1ccc2cc([C@H]3CC(=O)Nc4cccc5c4c3cn5Cc3cccc(F)c3)c(N3CCOCC3)nc2c1. The molecule has 1 amide bonds. The van der Waals surface area contributed by atoms with Gasteiger partial charge in [0.1, 0.15) is 17.4 Å². The summed E-state index contributed by atoms with van der Waals surface area (Å²) in [7, 11) is 1.65. The molecule has 0 spiro atoms. The molecule has 4 heterocycles. The maximum Gasteiger partial charge on any atom is 0.225 e. The number of methoxy groups -OCH3 is 1. The minimum Gasteiger partial charge on any atom is -0.497 e. The van der Waals surface area contributed by atoms with Crippen molar-refractivity contribution in [2.45, 2.75) is 18.9 Å². The predicted molar refractivity (Wildman–Crippen MR) is 154 cm³/mol. The number of carbonyl (C=O) groups is 1. The van der Waals surface area contributed by atoms with Crippen LogP contribution in [0.15, 0.2) is 72.9 Å². The molecule has 1 saturated heterocycles. The molecular formula is C32H29FN4O3. The zero-order valence-electron chi connectivity index (χ0n) is 22.2. The number of aromatic nitrogens is 2. The minimum absolute atomic E-state index is 0.0341. The third-order valence-electron chi connectivity index (χ3n) is 7.94. The van der Waals surface area contributed by atoms with Crippen LogP contribution in [0.2, 0.25) is 0 Å². The van der Waals surface area contributed by atoms with Gasteiger partial charge in [-0.05, 0) is 53.6 Å². The standard InChI is InChI=1S/C32H29FN4O3/c1-39-23-9-8-21-15-25(32(35-28(21)16-23)36-10-12-40-13-11-36)24-17-30(38)34-27-6-3-7-29-31(27)26(24)19-37(29)18-20-4-2-5-22(33)14-20/h2-9,14-16,19,24H,10-13,17-18H2,1H3,(H,34,38)/t24-/m1/s1. The minimum atomic E-state index is -0.254.